The fourth-order valence-electron chi connectivity index (χ4n) is 2.35. The molecule has 0 aliphatic rings. The maximum absolute atomic E-state index is 12.3. The molecule has 0 spiro atoms. The van der Waals surface area contributed by atoms with Crippen molar-refractivity contribution in [3.05, 3.63) is 64.4 Å². The highest BCUT2D eigenvalue weighted by molar-refractivity contribution is 7.15. The number of benzene rings is 1. The Labute approximate surface area is 133 Å². The van der Waals surface area contributed by atoms with Crippen LogP contribution in [0.25, 0.3) is 15.9 Å². The molecule has 4 rings (SSSR count). The van der Waals surface area contributed by atoms with E-state index in [2.05, 4.69) is 15.4 Å². The lowest BCUT2D eigenvalue weighted by atomic mass is 10.2. The Morgan fingerprint density at radius 2 is 2.17 bits per heavy atom. The third-order valence-electron chi connectivity index (χ3n) is 3.40. The molecule has 7 nitrogen and oxygen atoms in total. The van der Waals surface area contributed by atoms with E-state index < -0.39 is 0 Å². The number of hydrogen-bond donors (Lipinski definition) is 1. The van der Waals surface area contributed by atoms with Gasteiger partial charge in [-0.2, -0.15) is 0 Å². The maximum atomic E-state index is 12.3. The minimum absolute atomic E-state index is 0.0909. The number of imidazole rings is 1. The van der Waals surface area contributed by atoms with E-state index in [-0.39, 0.29) is 17.9 Å². The summed E-state index contributed by atoms with van der Waals surface area (Å²) in [4.78, 5) is 33.8. The van der Waals surface area contributed by atoms with Crippen LogP contribution in [0, 0.1) is 0 Å². The Hall–Kier alpha value is -3.00. The van der Waals surface area contributed by atoms with E-state index in [1.165, 1.54) is 17.7 Å². The van der Waals surface area contributed by atoms with Gasteiger partial charge in [0.05, 0.1) is 23.0 Å². The first-order chi connectivity index (χ1) is 11.2. The molecule has 4 aromatic rings. The molecule has 1 amide bonds. The minimum Gasteiger partial charge on any atom is -0.297 e. The van der Waals surface area contributed by atoms with Gasteiger partial charge in [0.25, 0.3) is 5.56 Å². The van der Waals surface area contributed by atoms with Gasteiger partial charge in [0.2, 0.25) is 5.91 Å². The van der Waals surface area contributed by atoms with Crippen molar-refractivity contribution < 1.29 is 4.79 Å². The summed E-state index contributed by atoms with van der Waals surface area (Å²) in [5.41, 5.74) is 3.48. The number of para-hydroxylation sites is 1. The van der Waals surface area contributed by atoms with Gasteiger partial charge in [-0.3, -0.25) is 19.4 Å². The highest BCUT2D eigenvalue weighted by Gasteiger charge is 2.10. The van der Waals surface area contributed by atoms with Crippen LogP contribution >= 0.6 is 11.3 Å². The van der Waals surface area contributed by atoms with Crippen LogP contribution < -0.4 is 11.0 Å². The zero-order valence-electron chi connectivity index (χ0n) is 11.8. The van der Waals surface area contributed by atoms with E-state index in [0.29, 0.717) is 16.6 Å². The lowest BCUT2D eigenvalue weighted by molar-refractivity contribution is -0.116. The third kappa shape index (κ3) is 2.49. The molecule has 3 aromatic heterocycles. The van der Waals surface area contributed by atoms with Crippen molar-refractivity contribution >= 4 is 33.1 Å². The van der Waals surface area contributed by atoms with Crippen LogP contribution in [-0.2, 0) is 11.2 Å². The lowest BCUT2D eigenvalue weighted by Crippen LogP contribution is -2.34. The maximum Gasteiger partial charge on any atom is 0.280 e. The van der Waals surface area contributed by atoms with Crippen molar-refractivity contribution in [2.45, 2.75) is 6.42 Å². The molecule has 0 saturated carbocycles. The van der Waals surface area contributed by atoms with Gasteiger partial charge >= 0.3 is 0 Å². The summed E-state index contributed by atoms with van der Waals surface area (Å²) in [6, 6.07) is 7.00. The van der Waals surface area contributed by atoms with E-state index in [1.807, 2.05) is 22.0 Å². The van der Waals surface area contributed by atoms with Crippen LogP contribution in [0.15, 0.2) is 53.2 Å². The average molecular weight is 325 g/mol. The number of aromatic nitrogens is 4. The monoisotopic (exact) mass is 325 g/mol. The van der Waals surface area contributed by atoms with Crippen molar-refractivity contribution in [1.82, 2.24) is 19.0 Å². The molecule has 0 aliphatic carbocycles. The van der Waals surface area contributed by atoms with Crippen LogP contribution in [0.5, 0.6) is 0 Å². The van der Waals surface area contributed by atoms with Gasteiger partial charge in [-0.25, -0.2) is 14.6 Å². The smallest absolute Gasteiger partial charge is 0.280 e. The van der Waals surface area contributed by atoms with Crippen LogP contribution in [0.2, 0.25) is 0 Å². The zero-order valence-corrected chi connectivity index (χ0v) is 12.7. The van der Waals surface area contributed by atoms with Gasteiger partial charge in [0.15, 0.2) is 4.96 Å². The standard InChI is InChI=1S/C15H11N5O2S/c21-13(7-10-8-19-5-6-23-15(19)17-10)18-20-9-16-12-4-2-1-3-11(12)14(20)22/h1-6,8-9H,7H2,(H,18,21). The van der Waals surface area contributed by atoms with Crippen molar-refractivity contribution in [1.29, 1.82) is 0 Å². The van der Waals surface area contributed by atoms with E-state index >= 15 is 0 Å². The molecule has 0 radical (unpaired) electrons. The molecule has 0 fully saturated rings. The summed E-state index contributed by atoms with van der Waals surface area (Å²) in [5.74, 6) is -0.324. The first-order valence-electron chi connectivity index (χ1n) is 6.88. The van der Waals surface area contributed by atoms with Gasteiger partial charge in [0, 0.05) is 17.8 Å². The van der Waals surface area contributed by atoms with E-state index in [1.54, 1.807) is 24.4 Å². The van der Waals surface area contributed by atoms with E-state index in [4.69, 9.17) is 0 Å². The highest BCUT2D eigenvalue weighted by atomic mass is 32.1. The largest absolute Gasteiger partial charge is 0.297 e. The Bertz CT molecular complexity index is 1050. The number of carbonyl (C=O) groups excluding carboxylic acids is 1. The molecule has 1 N–H and O–H groups in total. The van der Waals surface area contributed by atoms with Gasteiger partial charge in [0.1, 0.15) is 6.33 Å². The summed E-state index contributed by atoms with van der Waals surface area (Å²) in [5, 5.41) is 2.38. The predicted octanol–water partition coefficient (Wildman–Crippen LogP) is 1.42. The van der Waals surface area contributed by atoms with Crippen molar-refractivity contribution in [3.63, 3.8) is 0 Å². The lowest BCUT2D eigenvalue weighted by Gasteiger charge is -2.07. The van der Waals surface area contributed by atoms with Crippen LogP contribution in [0.4, 0.5) is 0 Å². The van der Waals surface area contributed by atoms with Gasteiger partial charge in [-0.15, -0.1) is 11.3 Å². The molecule has 1 aromatic carbocycles. The fraction of sp³-hybridized carbons (Fsp3) is 0.0667. The predicted molar refractivity (Wildman–Crippen MR) is 87.1 cm³/mol. The molecule has 3 heterocycles. The van der Waals surface area contributed by atoms with E-state index in [0.717, 1.165) is 9.64 Å². The number of rotatable bonds is 3. The Kier molecular flexibility index (Phi) is 3.16. The first kappa shape index (κ1) is 13.6. The second kappa shape index (κ2) is 5.33. The fourth-order valence-corrected chi connectivity index (χ4v) is 3.07. The van der Waals surface area contributed by atoms with Gasteiger partial charge in [-0.1, -0.05) is 12.1 Å². The molecular formula is C15H11N5O2S. The number of carbonyl (C=O) groups is 1. The molecule has 114 valence electrons. The number of nitrogens with zero attached hydrogens (tertiary/aromatic N) is 4. The second-order valence-corrected chi connectivity index (χ2v) is 5.85. The summed E-state index contributed by atoms with van der Waals surface area (Å²) in [6.45, 7) is 0. The molecular weight excluding hydrogens is 314 g/mol. The first-order valence-corrected chi connectivity index (χ1v) is 7.76. The van der Waals surface area contributed by atoms with Crippen LogP contribution in [-0.4, -0.2) is 25.0 Å². The SMILES string of the molecule is O=C(Cc1cn2ccsc2n1)Nn1cnc2ccccc2c1=O. The molecule has 0 bridgehead atoms. The second-order valence-electron chi connectivity index (χ2n) is 4.97. The normalized spacial score (nSPS) is 11.1. The number of hydrogen-bond acceptors (Lipinski definition) is 5. The quantitative estimate of drug-likeness (QED) is 0.618. The number of nitrogens with one attached hydrogen (secondary N) is 1. The topological polar surface area (TPSA) is 81.3 Å². The number of fused-ring (bicyclic) bond motifs is 2. The number of amides is 1. The Morgan fingerprint density at radius 3 is 3.04 bits per heavy atom. The third-order valence-corrected chi connectivity index (χ3v) is 4.17. The summed E-state index contributed by atoms with van der Waals surface area (Å²) in [7, 11) is 0. The van der Waals surface area contributed by atoms with E-state index in [9.17, 15) is 9.59 Å². The highest BCUT2D eigenvalue weighted by Crippen LogP contribution is 2.11. The minimum atomic E-state index is -0.324. The van der Waals surface area contributed by atoms with Gasteiger partial charge in [-0.05, 0) is 12.1 Å². The van der Waals surface area contributed by atoms with Gasteiger partial charge < -0.3 is 0 Å². The molecule has 0 unspecified atom stereocenters. The summed E-state index contributed by atoms with van der Waals surface area (Å²) >= 11 is 1.50. The Balaban J connectivity index is 1.57. The zero-order chi connectivity index (χ0) is 15.8. The number of thiazole rings is 1. The van der Waals surface area contributed by atoms with Crippen LogP contribution in [0.3, 0.4) is 0 Å². The van der Waals surface area contributed by atoms with Crippen molar-refractivity contribution in [2.75, 3.05) is 5.43 Å². The Morgan fingerprint density at radius 1 is 1.30 bits per heavy atom. The average Bonchev–Trinajstić information content (AvgIpc) is 3.11. The summed E-state index contributed by atoms with van der Waals surface area (Å²) < 4.78 is 2.96. The molecule has 23 heavy (non-hydrogen) atoms. The van der Waals surface area contributed by atoms with Crippen molar-refractivity contribution in [2.24, 2.45) is 0 Å². The molecule has 0 saturated heterocycles. The molecule has 0 aliphatic heterocycles. The van der Waals surface area contributed by atoms with Crippen molar-refractivity contribution in [3.8, 4) is 0 Å². The van der Waals surface area contributed by atoms with Crippen LogP contribution in [0.1, 0.15) is 5.69 Å². The molecule has 0 atom stereocenters. The summed E-state index contributed by atoms with van der Waals surface area (Å²) in [6.07, 6.45) is 5.08. The molecule has 8 heteroatoms.